The van der Waals surface area contributed by atoms with Gasteiger partial charge in [-0.25, -0.2) is 4.79 Å². The van der Waals surface area contributed by atoms with Gasteiger partial charge in [-0.1, -0.05) is 13.0 Å². The number of urea groups is 1. The Balaban J connectivity index is 1.76. The van der Waals surface area contributed by atoms with Crippen molar-refractivity contribution in [3.63, 3.8) is 0 Å². The number of ether oxygens (including phenoxy) is 2. The molecule has 1 fully saturated rings. The highest BCUT2D eigenvalue weighted by Crippen LogP contribution is 2.24. The number of hydrogen-bond donors (Lipinski definition) is 2. The summed E-state index contributed by atoms with van der Waals surface area (Å²) >= 11 is 0. The molecule has 1 saturated heterocycles. The Hall–Kier alpha value is -1.79. The summed E-state index contributed by atoms with van der Waals surface area (Å²) in [7, 11) is 1.59. The van der Waals surface area contributed by atoms with Gasteiger partial charge in [-0.2, -0.15) is 0 Å². The number of rotatable bonds is 6. The fourth-order valence-corrected chi connectivity index (χ4v) is 2.67. The Kier molecular flexibility index (Phi) is 6.67. The summed E-state index contributed by atoms with van der Waals surface area (Å²) in [6, 6.07) is 5.46. The minimum Gasteiger partial charge on any atom is -0.495 e. The predicted octanol–water partition coefficient (Wildman–Crippen LogP) is 2.24. The quantitative estimate of drug-likeness (QED) is 0.843. The molecule has 0 aliphatic carbocycles. The van der Waals surface area contributed by atoms with Crippen LogP contribution in [0.2, 0.25) is 0 Å². The van der Waals surface area contributed by atoms with Gasteiger partial charge >= 0.3 is 6.03 Å². The Morgan fingerprint density at radius 1 is 1.48 bits per heavy atom. The van der Waals surface area contributed by atoms with Gasteiger partial charge in [0.25, 0.3) is 0 Å². The van der Waals surface area contributed by atoms with Crippen LogP contribution >= 0.6 is 0 Å². The zero-order chi connectivity index (χ0) is 16.7. The Morgan fingerprint density at radius 3 is 3.04 bits per heavy atom. The molecule has 0 saturated carbocycles. The van der Waals surface area contributed by atoms with Crippen molar-refractivity contribution in [2.75, 3.05) is 45.2 Å². The van der Waals surface area contributed by atoms with E-state index >= 15 is 0 Å². The van der Waals surface area contributed by atoms with E-state index in [1.807, 2.05) is 25.1 Å². The molecule has 2 N–H and O–H groups in total. The van der Waals surface area contributed by atoms with Crippen molar-refractivity contribution in [1.82, 2.24) is 10.2 Å². The third-order valence-corrected chi connectivity index (χ3v) is 4.03. The Bertz CT molecular complexity index is 522. The minimum atomic E-state index is -0.225. The summed E-state index contributed by atoms with van der Waals surface area (Å²) in [5.41, 5.74) is 1.74. The number of nitrogens with one attached hydrogen (secondary N) is 2. The molecular weight excluding hydrogens is 294 g/mol. The van der Waals surface area contributed by atoms with Gasteiger partial charge in [0.05, 0.1) is 25.5 Å². The fourth-order valence-electron chi connectivity index (χ4n) is 2.67. The van der Waals surface area contributed by atoms with E-state index in [0.717, 1.165) is 38.2 Å². The predicted molar refractivity (Wildman–Crippen MR) is 91.2 cm³/mol. The van der Waals surface area contributed by atoms with Crippen molar-refractivity contribution in [2.24, 2.45) is 0 Å². The zero-order valence-electron chi connectivity index (χ0n) is 14.2. The molecule has 1 unspecified atom stereocenters. The normalized spacial score (nSPS) is 18.5. The first-order chi connectivity index (χ1) is 11.1. The van der Waals surface area contributed by atoms with E-state index in [1.54, 1.807) is 7.11 Å². The number of amides is 2. The lowest BCUT2D eigenvalue weighted by Gasteiger charge is -2.32. The lowest BCUT2D eigenvalue weighted by atomic mass is 10.2. The van der Waals surface area contributed by atoms with E-state index in [1.165, 1.54) is 0 Å². The average Bonchev–Trinajstić information content (AvgIpc) is 2.55. The van der Waals surface area contributed by atoms with Gasteiger partial charge in [-0.15, -0.1) is 0 Å². The number of carbonyl (C=O) groups is 1. The maximum absolute atomic E-state index is 12.0. The molecule has 23 heavy (non-hydrogen) atoms. The largest absolute Gasteiger partial charge is 0.495 e. The van der Waals surface area contributed by atoms with E-state index in [0.29, 0.717) is 18.0 Å². The summed E-state index contributed by atoms with van der Waals surface area (Å²) in [4.78, 5) is 14.4. The van der Waals surface area contributed by atoms with E-state index < -0.39 is 0 Å². The summed E-state index contributed by atoms with van der Waals surface area (Å²) in [5, 5.41) is 5.71. The number of hydrogen-bond acceptors (Lipinski definition) is 4. The van der Waals surface area contributed by atoms with Crippen LogP contribution in [0.1, 0.15) is 18.9 Å². The van der Waals surface area contributed by atoms with Gasteiger partial charge in [-0.3, -0.25) is 4.90 Å². The number of nitrogens with zero attached hydrogens (tertiary/aromatic N) is 1. The molecule has 6 nitrogen and oxygen atoms in total. The zero-order valence-corrected chi connectivity index (χ0v) is 14.2. The first-order valence-electron chi connectivity index (χ1n) is 8.15. The monoisotopic (exact) mass is 321 g/mol. The van der Waals surface area contributed by atoms with Gasteiger partial charge in [0, 0.05) is 19.6 Å². The molecule has 128 valence electrons. The lowest BCUT2D eigenvalue weighted by Crippen LogP contribution is -2.43. The van der Waals surface area contributed by atoms with Gasteiger partial charge in [0.1, 0.15) is 5.75 Å². The number of anilines is 1. The molecule has 0 aromatic heterocycles. The van der Waals surface area contributed by atoms with E-state index in [9.17, 15) is 4.79 Å². The van der Waals surface area contributed by atoms with E-state index in [-0.39, 0.29) is 12.1 Å². The third-order valence-electron chi connectivity index (χ3n) is 4.03. The van der Waals surface area contributed by atoms with Crippen LogP contribution in [-0.4, -0.2) is 56.9 Å². The van der Waals surface area contributed by atoms with Crippen molar-refractivity contribution in [1.29, 1.82) is 0 Å². The van der Waals surface area contributed by atoms with Crippen molar-refractivity contribution in [3.05, 3.63) is 23.8 Å². The highest BCUT2D eigenvalue weighted by molar-refractivity contribution is 5.91. The smallest absolute Gasteiger partial charge is 0.319 e. The topological polar surface area (TPSA) is 62.8 Å². The first kappa shape index (κ1) is 17.6. The maximum Gasteiger partial charge on any atom is 0.319 e. The number of methoxy groups -OCH3 is 1. The first-order valence-corrected chi connectivity index (χ1v) is 8.15. The van der Waals surface area contributed by atoms with Crippen LogP contribution in [0, 0.1) is 6.92 Å². The fraction of sp³-hybridized carbons (Fsp3) is 0.588. The molecule has 0 spiro atoms. The number of likely N-dealkylation sites (N-methyl/N-ethyl adjacent to an activating group) is 1. The standard InChI is InChI=1S/C17H27N3O3/c1-4-20-9-10-23-14(12-20)7-8-18-17(21)19-15-11-13(2)5-6-16(15)22-3/h5-6,11,14H,4,7-10,12H2,1-3H3,(H2,18,19,21). The highest BCUT2D eigenvalue weighted by Gasteiger charge is 2.19. The van der Waals surface area contributed by atoms with Crippen molar-refractivity contribution >= 4 is 11.7 Å². The van der Waals surface area contributed by atoms with Crippen LogP contribution in [0.5, 0.6) is 5.75 Å². The molecule has 2 amide bonds. The third kappa shape index (κ3) is 5.41. The molecule has 0 bridgehead atoms. The number of carbonyl (C=O) groups excluding carboxylic acids is 1. The van der Waals surface area contributed by atoms with Crippen molar-refractivity contribution in [3.8, 4) is 5.75 Å². The minimum absolute atomic E-state index is 0.192. The molecule has 6 heteroatoms. The van der Waals surface area contributed by atoms with Crippen LogP contribution in [0.15, 0.2) is 18.2 Å². The van der Waals surface area contributed by atoms with Gasteiger partial charge in [0.2, 0.25) is 0 Å². The summed E-state index contributed by atoms with van der Waals surface area (Å²) in [5.74, 6) is 0.653. The Morgan fingerprint density at radius 2 is 2.30 bits per heavy atom. The second-order valence-corrected chi connectivity index (χ2v) is 5.76. The summed E-state index contributed by atoms with van der Waals surface area (Å²) in [6.45, 7) is 8.46. The number of benzene rings is 1. The van der Waals surface area contributed by atoms with Crippen molar-refractivity contribution in [2.45, 2.75) is 26.4 Å². The molecule has 1 aromatic rings. The van der Waals surface area contributed by atoms with Crippen LogP contribution in [0.3, 0.4) is 0 Å². The molecule has 0 radical (unpaired) electrons. The summed E-state index contributed by atoms with van der Waals surface area (Å²) in [6.07, 6.45) is 1.01. The second kappa shape index (κ2) is 8.74. The van der Waals surface area contributed by atoms with Crippen LogP contribution in [-0.2, 0) is 4.74 Å². The van der Waals surface area contributed by atoms with Crippen molar-refractivity contribution < 1.29 is 14.3 Å². The number of aryl methyl sites for hydroxylation is 1. The molecule has 1 aliphatic heterocycles. The Labute approximate surface area is 138 Å². The van der Waals surface area contributed by atoms with E-state index in [2.05, 4.69) is 22.5 Å². The average molecular weight is 321 g/mol. The van der Waals surface area contributed by atoms with Gasteiger partial charge in [0.15, 0.2) is 0 Å². The molecule has 1 aliphatic rings. The summed E-state index contributed by atoms with van der Waals surface area (Å²) < 4.78 is 11.0. The highest BCUT2D eigenvalue weighted by atomic mass is 16.5. The maximum atomic E-state index is 12.0. The lowest BCUT2D eigenvalue weighted by molar-refractivity contribution is -0.0294. The van der Waals surface area contributed by atoms with Crippen LogP contribution in [0.25, 0.3) is 0 Å². The molecular formula is C17H27N3O3. The number of morpholine rings is 1. The molecule has 1 heterocycles. The SMILES string of the molecule is CCN1CCOC(CCNC(=O)Nc2cc(C)ccc2OC)C1. The van der Waals surface area contributed by atoms with E-state index in [4.69, 9.17) is 9.47 Å². The van der Waals surface area contributed by atoms with Crippen LogP contribution in [0.4, 0.5) is 10.5 Å². The van der Waals surface area contributed by atoms with Gasteiger partial charge < -0.3 is 20.1 Å². The molecule has 1 atom stereocenters. The second-order valence-electron chi connectivity index (χ2n) is 5.76. The molecule has 1 aromatic carbocycles. The van der Waals surface area contributed by atoms with Crippen LogP contribution < -0.4 is 15.4 Å². The van der Waals surface area contributed by atoms with Gasteiger partial charge in [-0.05, 0) is 37.6 Å². The molecule has 2 rings (SSSR count).